The molecular weight excluding hydrogens is 222 g/mol. The van der Waals surface area contributed by atoms with Crippen molar-refractivity contribution in [3.63, 3.8) is 0 Å². The molecule has 0 saturated heterocycles. The van der Waals surface area contributed by atoms with Crippen LogP contribution in [0.1, 0.15) is 13.8 Å². The number of methoxy groups -OCH3 is 1. The lowest BCUT2D eigenvalue weighted by Crippen LogP contribution is -2.43. The lowest BCUT2D eigenvalue weighted by Gasteiger charge is -2.31. The van der Waals surface area contributed by atoms with E-state index in [1.165, 1.54) is 7.11 Å². The minimum absolute atomic E-state index is 0.0782. The summed E-state index contributed by atoms with van der Waals surface area (Å²) in [6.45, 7) is 4.54. The summed E-state index contributed by atoms with van der Waals surface area (Å²) in [6, 6.07) is 0.319. The second-order valence-corrected chi connectivity index (χ2v) is 4.46. The van der Waals surface area contributed by atoms with Crippen LogP contribution in [0.2, 0.25) is 0 Å². The summed E-state index contributed by atoms with van der Waals surface area (Å²) in [6.07, 6.45) is 0. The molecule has 1 aromatic heterocycles. The van der Waals surface area contributed by atoms with Crippen LogP contribution in [0.3, 0.4) is 0 Å². The van der Waals surface area contributed by atoms with Crippen molar-refractivity contribution in [1.82, 2.24) is 19.9 Å². The number of nitrogens with zero attached hydrogens (tertiary/aromatic N) is 4. The van der Waals surface area contributed by atoms with Crippen molar-refractivity contribution in [3.05, 3.63) is 0 Å². The first-order chi connectivity index (χ1) is 7.85. The van der Waals surface area contributed by atoms with Crippen LogP contribution in [0.15, 0.2) is 0 Å². The van der Waals surface area contributed by atoms with Gasteiger partial charge in [0.25, 0.3) is 0 Å². The van der Waals surface area contributed by atoms with Crippen LogP contribution >= 0.6 is 0 Å². The highest BCUT2D eigenvalue weighted by atomic mass is 16.5. The molecule has 1 heterocycles. The van der Waals surface area contributed by atoms with E-state index in [2.05, 4.69) is 33.7 Å². The fraction of sp³-hybridized carbons (Fsp3) is 0.700. The van der Waals surface area contributed by atoms with Gasteiger partial charge >= 0.3 is 12.0 Å². The molecule has 96 valence electrons. The quantitative estimate of drug-likeness (QED) is 0.786. The third-order valence-electron chi connectivity index (χ3n) is 2.56. The van der Waals surface area contributed by atoms with Gasteiger partial charge in [-0.25, -0.2) is 0 Å². The molecule has 0 aromatic carbocycles. The first-order valence-corrected chi connectivity index (χ1v) is 5.21. The molecule has 0 aliphatic rings. The van der Waals surface area contributed by atoms with Gasteiger partial charge in [-0.05, 0) is 27.9 Å². The molecule has 0 atom stereocenters. The fourth-order valence-corrected chi connectivity index (χ4v) is 0.879. The zero-order chi connectivity index (χ0) is 13.1. The van der Waals surface area contributed by atoms with Gasteiger partial charge in [-0.1, -0.05) is 0 Å². The SMILES string of the molecule is COc1nc(N)nc(OCC(C)(C)N(C)C)n1. The molecule has 0 amide bonds. The molecule has 0 spiro atoms. The first kappa shape index (κ1) is 13.4. The van der Waals surface area contributed by atoms with Crippen molar-refractivity contribution >= 4 is 5.95 Å². The Morgan fingerprint density at radius 2 is 1.76 bits per heavy atom. The highest BCUT2D eigenvalue weighted by molar-refractivity contribution is 5.20. The second-order valence-electron chi connectivity index (χ2n) is 4.46. The molecule has 0 fully saturated rings. The molecular formula is C10H19N5O2. The summed E-state index contributed by atoms with van der Waals surface area (Å²) in [4.78, 5) is 13.7. The van der Waals surface area contributed by atoms with Crippen LogP contribution in [-0.2, 0) is 0 Å². The van der Waals surface area contributed by atoms with Gasteiger partial charge in [-0.15, -0.1) is 4.98 Å². The molecule has 0 aliphatic heterocycles. The van der Waals surface area contributed by atoms with Crippen molar-refractivity contribution in [2.75, 3.05) is 33.5 Å². The van der Waals surface area contributed by atoms with E-state index < -0.39 is 0 Å². The average molecular weight is 241 g/mol. The van der Waals surface area contributed by atoms with Crippen LogP contribution in [0.4, 0.5) is 5.95 Å². The van der Waals surface area contributed by atoms with Crippen molar-refractivity contribution in [2.45, 2.75) is 19.4 Å². The standard InChI is InChI=1S/C10H19N5O2/c1-10(2,15(3)4)6-17-9-13-7(11)12-8(14-9)16-5/h6H2,1-5H3,(H2,11,12,13,14). The minimum Gasteiger partial charge on any atom is -0.467 e. The van der Waals surface area contributed by atoms with E-state index in [1.54, 1.807) is 0 Å². The largest absolute Gasteiger partial charge is 0.467 e. The predicted octanol–water partition coefficient (Wildman–Crippen LogP) is 0.181. The van der Waals surface area contributed by atoms with Gasteiger partial charge in [0.2, 0.25) is 5.95 Å². The Morgan fingerprint density at radius 3 is 2.29 bits per heavy atom. The normalized spacial score (nSPS) is 11.6. The zero-order valence-corrected chi connectivity index (χ0v) is 10.9. The number of likely N-dealkylation sites (N-methyl/N-ethyl adjacent to an activating group) is 1. The van der Waals surface area contributed by atoms with E-state index in [1.807, 2.05) is 14.1 Å². The van der Waals surface area contributed by atoms with Gasteiger partial charge in [0.05, 0.1) is 7.11 Å². The number of hydrogen-bond acceptors (Lipinski definition) is 7. The molecule has 0 unspecified atom stereocenters. The zero-order valence-electron chi connectivity index (χ0n) is 10.9. The van der Waals surface area contributed by atoms with E-state index in [0.717, 1.165) is 0 Å². The fourth-order valence-electron chi connectivity index (χ4n) is 0.879. The highest BCUT2D eigenvalue weighted by Gasteiger charge is 2.22. The highest BCUT2D eigenvalue weighted by Crippen LogP contribution is 2.14. The van der Waals surface area contributed by atoms with Gasteiger partial charge in [-0.2, -0.15) is 9.97 Å². The summed E-state index contributed by atoms with van der Waals surface area (Å²) >= 11 is 0. The Morgan fingerprint density at radius 1 is 1.18 bits per heavy atom. The molecule has 7 nitrogen and oxygen atoms in total. The Hall–Kier alpha value is -1.63. The Balaban J connectivity index is 2.72. The average Bonchev–Trinajstić information content (AvgIpc) is 2.25. The van der Waals surface area contributed by atoms with Crippen molar-refractivity contribution in [1.29, 1.82) is 0 Å². The van der Waals surface area contributed by atoms with E-state index in [-0.39, 0.29) is 23.5 Å². The Kier molecular flexibility index (Phi) is 4.06. The van der Waals surface area contributed by atoms with Crippen LogP contribution in [0.25, 0.3) is 0 Å². The van der Waals surface area contributed by atoms with Crippen molar-refractivity contribution in [2.24, 2.45) is 0 Å². The van der Waals surface area contributed by atoms with Crippen LogP contribution in [0, 0.1) is 0 Å². The van der Waals surface area contributed by atoms with Crippen LogP contribution in [-0.4, -0.2) is 53.2 Å². The van der Waals surface area contributed by atoms with E-state index >= 15 is 0 Å². The lowest BCUT2D eigenvalue weighted by atomic mass is 10.1. The maximum atomic E-state index is 5.50. The molecule has 0 aliphatic carbocycles. The van der Waals surface area contributed by atoms with Crippen molar-refractivity contribution < 1.29 is 9.47 Å². The molecule has 0 saturated carbocycles. The number of aromatic nitrogens is 3. The number of hydrogen-bond donors (Lipinski definition) is 1. The third kappa shape index (κ3) is 3.70. The summed E-state index contributed by atoms with van der Waals surface area (Å²) in [5, 5.41) is 0. The first-order valence-electron chi connectivity index (χ1n) is 5.21. The van der Waals surface area contributed by atoms with E-state index in [9.17, 15) is 0 Å². The molecule has 0 radical (unpaired) electrons. The molecule has 7 heteroatoms. The molecule has 17 heavy (non-hydrogen) atoms. The predicted molar refractivity (Wildman–Crippen MR) is 64.1 cm³/mol. The number of ether oxygens (including phenoxy) is 2. The molecule has 0 bridgehead atoms. The number of nitrogen functional groups attached to an aromatic ring is 1. The molecule has 1 aromatic rings. The number of anilines is 1. The molecule has 2 N–H and O–H groups in total. The van der Waals surface area contributed by atoms with Gasteiger partial charge < -0.3 is 20.1 Å². The van der Waals surface area contributed by atoms with Crippen LogP contribution < -0.4 is 15.2 Å². The Labute approximate surface area is 101 Å². The minimum atomic E-state index is -0.130. The van der Waals surface area contributed by atoms with Gasteiger partial charge in [0.15, 0.2) is 0 Å². The lowest BCUT2D eigenvalue weighted by molar-refractivity contribution is 0.107. The van der Waals surface area contributed by atoms with E-state index in [0.29, 0.717) is 6.61 Å². The van der Waals surface area contributed by atoms with Crippen molar-refractivity contribution in [3.8, 4) is 12.0 Å². The second kappa shape index (κ2) is 5.13. The number of rotatable bonds is 5. The van der Waals surface area contributed by atoms with E-state index in [4.69, 9.17) is 15.2 Å². The van der Waals surface area contributed by atoms with Crippen LogP contribution in [0.5, 0.6) is 12.0 Å². The maximum absolute atomic E-state index is 5.50. The summed E-state index contributed by atoms with van der Waals surface area (Å²) in [5.41, 5.74) is 5.37. The topological polar surface area (TPSA) is 86.4 Å². The third-order valence-corrected chi connectivity index (χ3v) is 2.56. The molecule has 1 rings (SSSR count). The summed E-state index contributed by atoms with van der Waals surface area (Å²) in [7, 11) is 5.42. The Bertz CT molecular complexity index is 381. The van der Waals surface area contributed by atoms with Gasteiger partial charge in [0.1, 0.15) is 6.61 Å². The smallest absolute Gasteiger partial charge is 0.324 e. The maximum Gasteiger partial charge on any atom is 0.324 e. The van der Waals surface area contributed by atoms with Gasteiger partial charge in [-0.3, -0.25) is 0 Å². The summed E-state index contributed by atoms with van der Waals surface area (Å²) in [5.74, 6) is 0.0782. The number of nitrogens with two attached hydrogens (primary N) is 1. The monoisotopic (exact) mass is 241 g/mol. The van der Waals surface area contributed by atoms with Gasteiger partial charge in [0, 0.05) is 5.54 Å². The summed E-state index contributed by atoms with van der Waals surface area (Å²) < 4.78 is 10.4.